The number of hydrogen-bond acceptors (Lipinski definition) is 6. The molecule has 6 heteroatoms. The van der Waals surface area contributed by atoms with E-state index in [2.05, 4.69) is 198 Å². The third-order valence-electron chi connectivity index (χ3n) is 14.1. The lowest BCUT2D eigenvalue weighted by atomic mass is 9.82. The Bertz CT molecular complexity index is 4310. The van der Waals surface area contributed by atoms with Gasteiger partial charge in [-0.2, -0.15) is 0 Å². The van der Waals surface area contributed by atoms with Gasteiger partial charge in [-0.3, -0.25) is 0 Å². The van der Waals surface area contributed by atoms with Gasteiger partial charge in [0, 0.05) is 78.0 Å². The van der Waals surface area contributed by atoms with Crippen molar-refractivity contribution >= 4 is 122 Å². The maximum absolute atomic E-state index is 6.72. The lowest BCUT2D eigenvalue weighted by molar-refractivity contribution is 0.585. The summed E-state index contributed by atoms with van der Waals surface area (Å²) in [5.74, 6) is 1.11. The lowest BCUT2D eigenvalue weighted by Crippen LogP contribution is -2.20. The molecule has 0 fully saturated rings. The van der Waals surface area contributed by atoms with Crippen LogP contribution in [0.1, 0.15) is 11.3 Å². The van der Waals surface area contributed by atoms with Crippen molar-refractivity contribution in [1.29, 1.82) is 0 Å². The number of nitrogens with zero attached hydrogens (tertiary/aromatic N) is 2. The molecule has 0 N–H and O–H groups in total. The number of rotatable bonds is 6. The second-order valence-corrected chi connectivity index (χ2v) is 18.0. The summed E-state index contributed by atoms with van der Waals surface area (Å²) < 4.78 is 26.5. The van der Waals surface area contributed by atoms with Crippen LogP contribution in [0, 0.1) is 5.92 Å². The van der Waals surface area contributed by atoms with Crippen molar-refractivity contribution in [1.82, 2.24) is 0 Å². The minimum absolute atomic E-state index is 0.205. The minimum Gasteiger partial charge on any atom is -0.456 e. The molecule has 1 unspecified atom stereocenters. The highest BCUT2D eigenvalue weighted by molar-refractivity contribution is 6.15. The predicted molar refractivity (Wildman–Crippen MR) is 278 cm³/mol. The molecular weight excluding hydrogens is 837 g/mol. The molecule has 2 aliphatic carbocycles. The number of allylic oxidation sites excluding steroid dienone is 4. The van der Waals surface area contributed by atoms with Gasteiger partial charge in [0.25, 0.3) is 0 Å². The Morgan fingerprint density at radius 1 is 0.382 bits per heavy atom. The van der Waals surface area contributed by atoms with Gasteiger partial charge in [-0.1, -0.05) is 109 Å². The van der Waals surface area contributed by atoms with Crippen LogP contribution in [0.25, 0.3) is 93.6 Å². The zero-order valence-corrected chi connectivity index (χ0v) is 36.5. The highest BCUT2D eigenvalue weighted by Gasteiger charge is 2.29. The Morgan fingerprint density at radius 3 is 1.71 bits per heavy atom. The van der Waals surface area contributed by atoms with Crippen molar-refractivity contribution in [2.75, 3.05) is 9.80 Å². The monoisotopic (exact) mass is 874 g/mol. The van der Waals surface area contributed by atoms with Crippen molar-refractivity contribution < 1.29 is 17.7 Å². The SMILES string of the molecule is C1=CC2Cc3c(oc4cc5oc6cc7cc(N(c8ccccc8)c8cccc9c8oc8ccccc89)ccc7cc6c5cc34)C=C2C=C1N(c1ccccc1)c1cccc2c1oc1ccccc12. The van der Waals surface area contributed by atoms with Gasteiger partial charge in [0.15, 0.2) is 11.2 Å². The normalized spacial score (nSPS) is 14.7. The van der Waals surface area contributed by atoms with E-state index >= 15 is 0 Å². The van der Waals surface area contributed by atoms with E-state index < -0.39 is 0 Å². The molecule has 0 aliphatic heterocycles. The Hall–Kier alpha value is -9.00. The molecular formula is C62H38N2O4. The van der Waals surface area contributed by atoms with Crippen molar-refractivity contribution in [3.05, 3.63) is 229 Å². The molecule has 0 radical (unpaired) electrons. The summed E-state index contributed by atoms with van der Waals surface area (Å²) in [6.07, 6.45) is 9.99. The standard InChI is InChI=1S/C62H38N2O4/c1-3-13-41(14-4-1)63(53-21-11-19-47-45-17-7-9-23-55(45)67-61(47)53)43-27-25-37-31-49-51-35-52-50-32-38-26-28-44(30-40(38)34-58(50)66-60(52)36-59(51)65-57(49)33-39(37)29-43)64(42-15-5-2-6-16-42)54-22-12-20-48-46-18-8-10-24-56(46)68-62(48)54/h1-31,33-36,38H,32H2. The largest absolute Gasteiger partial charge is 0.456 e. The molecule has 13 aromatic rings. The van der Waals surface area contributed by atoms with Gasteiger partial charge in [0.1, 0.15) is 33.7 Å². The molecule has 4 heterocycles. The molecule has 2 aliphatic rings. The van der Waals surface area contributed by atoms with E-state index in [1.807, 2.05) is 24.3 Å². The van der Waals surface area contributed by atoms with Crippen molar-refractivity contribution in [3.8, 4) is 0 Å². The number of fused-ring (bicyclic) bond motifs is 14. The summed E-state index contributed by atoms with van der Waals surface area (Å²) in [6.45, 7) is 0. The first-order chi connectivity index (χ1) is 33.7. The number of benzene rings is 9. The molecule has 68 heavy (non-hydrogen) atoms. The third-order valence-corrected chi connectivity index (χ3v) is 14.1. The smallest absolute Gasteiger partial charge is 0.159 e. The summed E-state index contributed by atoms with van der Waals surface area (Å²) in [6, 6.07) is 65.8. The lowest BCUT2D eigenvalue weighted by Gasteiger charge is -2.30. The van der Waals surface area contributed by atoms with Crippen LogP contribution in [0.5, 0.6) is 0 Å². The fourth-order valence-corrected chi connectivity index (χ4v) is 11.0. The van der Waals surface area contributed by atoms with Crippen LogP contribution in [-0.4, -0.2) is 0 Å². The molecule has 0 saturated heterocycles. The van der Waals surface area contributed by atoms with Gasteiger partial charge in [0.2, 0.25) is 0 Å². The molecule has 0 amide bonds. The Balaban J connectivity index is 0.813. The van der Waals surface area contributed by atoms with Crippen molar-refractivity contribution in [3.63, 3.8) is 0 Å². The predicted octanol–water partition coefficient (Wildman–Crippen LogP) is 17.6. The maximum atomic E-state index is 6.72. The number of anilines is 5. The van der Waals surface area contributed by atoms with Gasteiger partial charge in [0.05, 0.1) is 11.4 Å². The molecule has 9 aromatic carbocycles. The number of hydrogen-bond donors (Lipinski definition) is 0. The van der Waals surface area contributed by atoms with Gasteiger partial charge in [-0.15, -0.1) is 0 Å². The van der Waals surface area contributed by atoms with Crippen LogP contribution in [0.15, 0.2) is 235 Å². The van der Waals surface area contributed by atoms with Crippen LogP contribution >= 0.6 is 0 Å². The number of furan rings is 4. The first-order valence-electron chi connectivity index (χ1n) is 23.1. The van der Waals surface area contributed by atoms with Crippen LogP contribution in [-0.2, 0) is 6.42 Å². The van der Waals surface area contributed by atoms with Crippen LogP contribution in [0.3, 0.4) is 0 Å². The summed E-state index contributed by atoms with van der Waals surface area (Å²) in [5, 5.41) is 9.92. The van der Waals surface area contributed by atoms with Gasteiger partial charge < -0.3 is 27.5 Å². The first-order valence-corrected chi connectivity index (χ1v) is 23.1. The second-order valence-electron chi connectivity index (χ2n) is 18.0. The molecule has 6 nitrogen and oxygen atoms in total. The quantitative estimate of drug-likeness (QED) is 0.166. The van der Waals surface area contributed by atoms with E-state index in [9.17, 15) is 0 Å². The van der Waals surface area contributed by atoms with E-state index in [1.165, 1.54) is 11.1 Å². The first kappa shape index (κ1) is 37.2. The van der Waals surface area contributed by atoms with Gasteiger partial charge >= 0.3 is 0 Å². The van der Waals surface area contributed by atoms with Crippen LogP contribution in [0.2, 0.25) is 0 Å². The van der Waals surface area contributed by atoms with E-state index in [0.717, 1.165) is 134 Å². The molecule has 0 bridgehead atoms. The van der Waals surface area contributed by atoms with E-state index in [0.29, 0.717) is 0 Å². The molecule has 15 rings (SSSR count). The zero-order valence-electron chi connectivity index (χ0n) is 36.5. The highest BCUT2D eigenvalue weighted by Crippen LogP contribution is 2.47. The summed E-state index contributed by atoms with van der Waals surface area (Å²) in [7, 11) is 0. The highest BCUT2D eigenvalue weighted by atomic mass is 16.3. The molecule has 0 spiro atoms. The Labute approximate surface area is 389 Å². The maximum Gasteiger partial charge on any atom is 0.159 e. The van der Waals surface area contributed by atoms with Gasteiger partial charge in [-0.05, 0) is 120 Å². The van der Waals surface area contributed by atoms with Crippen molar-refractivity contribution in [2.45, 2.75) is 6.42 Å². The van der Waals surface area contributed by atoms with E-state index in [4.69, 9.17) is 17.7 Å². The summed E-state index contributed by atoms with van der Waals surface area (Å²) in [4.78, 5) is 4.59. The number of para-hydroxylation sites is 6. The van der Waals surface area contributed by atoms with Gasteiger partial charge in [-0.25, -0.2) is 0 Å². The molecule has 320 valence electrons. The topological polar surface area (TPSA) is 59.0 Å². The molecule has 1 atom stereocenters. The second kappa shape index (κ2) is 14.2. The van der Waals surface area contributed by atoms with Crippen LogP contribution < -0.4 is 9.80 Å². The summed E-state index contributed by atoms with van der Waals surface area (Å²) in [5.41, 5.74) is 14.6. The van der Waals surface area contributed by atoms with E-state index in [1.54, 1.807) is 0 Å². The summed E-state index contributed by atoms with van der Waals surface area (Å²) >= 11 is 0. The third kappa shape index (κ3) is 5.58. The Morgan fingerprint density at radius 2 is 0.985 bits per heavy atom. The Kier molecular flexibility index (Phi) is 7.80. The average molecular weight is 875 g/mol. The fourth-order valence-electron chi connectivity index (χ4n) is 11.0. The van der Waals surface area contributed by atoms with Crippen molar-refractivity contribution in [2.24, 2.45) is 5.92 Å². The minimum atomic E-state index is 0.205. The fraction of sp³-hybridized carbons (Fsp3) is 0.0323. The molecule has 0 saturated carbocycles. The van der Waals surface area contributed by atoms with E-state index in [-0.39, 0.29) is 5.92 Å². The van der Waals surface area contributed by atoms with Crippen LogP contribution in [0.4, 0.5) is 28.4 Å². The average Bonchev–Trinajstić information content (AvgIpc) is 4.15. The zero-order chi connectivity index (χ0) is 44.5. The molecule has 4 aromatic heterocycles.